The summed E-state index contributed by atoms with van der Waals surface area (Å²) in [6.07, 6.45) is 5.47. The van der Waals surface area contributed by atoms with Crippen LogP contribution in [0.4, 0.5) is 5.69 Å². The molecule has 0 atom stereocenters. The number of nitrogens with zero attached hydrogens (tertiary/aromatic N) is 4. The van der Waals surface area contributed by atoms with Crippen molar-refractivity contribution in [3.05, 3.63) is 58.3 Å². The van der Waals surface area contributed by atoms with E-state index in [0.717, 1.165) is 62.5 Å². The topological polar surface area (TPSA) is 50.1 Å². The maximum Gasteiger partial charge on any atom is 0.163 e. The zero-order chi connectivity index (χ0) is 21.8. The van der Waals surface area contributed by atoms with Crippen molar-refractivity contribution in [2.45, 2.75) is 19.8 Å². The van der Waals surface area contributed by atoms with E-state index >= 15 is 0 Å². The molecule has 3 heterocycles. The van der Waals surface area contributed by atoms with E-state index in [4.69, 9.17) is 27.9 Å². The second-order valence-corrected chi connectivity index (χ2v) is 8.55. The maximum absolute atomic E-state index is 11.7. The lowest BCUT2D eigenvalue weighted by Gasteiger charge is -2.36. The van der Waals surface area contributed by atoms with Gasteiger partial charge in [-0.25, -0.2) is 4.52 Å². The smallest absolute Gasteiger partial charge is 0.163 e. The van der Waals surface area contributed by atoms with Gasteiger partial charge in [0.05, 0.1) is 39.6 Å². The number of anilines is 1. The Morgan fingerprint density at radius 1 is 1.13 bits per heavy atom. The number of Topliss-reactive ketones (excluding diaryl/α,β-unsaturated/α-hetero) is 1. The van der Waals surface area contributed by atoms with Crippen LogP contribution in [0.25, 0.3) is 5.52 Å². The SMILES string of the molecule is CC(=O)c1cnn2ccc(OCCCCN3CCN(c4cccc(Cl)c4Cl)CC3)cc12. The van der Waals surface area contributed by atoms with Gasteiger partial charge in [-0.15, -0.1) is 0 Å². The summed E-state index contributed by atoms with van der Waals surface area (Å²) >= 11 is 12.5. The van der Waals surface area contributed by atoms with Gasteiger partial charge in [0.1, 0.15) is 5.75 Å². The molecule has 0 spiro atoms. The Morgan fingerprint density at radius 3 is 2.71 bits per heavy atom. The minimum Gasteiger partial charge on any atom is -0.493 e. The number of rotatable bonds is 8. The first-order valence-corrected chi connectivity index (χ1v) is 11.3. The average Bonchev–Trinajstić information content (AvgIpc) is 3.20. The van der Waals surface area contributed by atoms with Gasteiger partial charge in [-0.1, -0.05) is 29.3 Å². The number of halogens is 2. The molecule has 1 aliphatic rings. The Balaban J connectivity index is 1.19. The highest BCUT2D eigenvalue weighted by Gasteiger charge is 2.19. The molecule has 1 aliphatic heterocycles. The Kier molecular flexibility index (Phi) is 7.00. The van der Waals surface area contributed by atoms with Crippen LogP contribution in [0.3, 0.4) is 0 Å². The second kappa shape index (κ2) is 9.90. The Morgan fingerprint density at radius 2 is 1.94 bits per heavy atom. The van der Waals surface area contributed by atoms with Crippen LogP contribution in [-0.2, 0) is 0 Å². The second-order valence-electron chi connectivity index (χ2n) is 7.76. The van der Waals surface area contributed by atoms with E-state index in [1.54, 1.807) is 17.6 Å². The molecule has 31 heavy (non-hydrogen) atoms. The van der Waals surface area contributed by atoms with Crippen LogP contribution >= 0.6 is 23.2 Å². The summed E-state index contributed by atoms with van der Waals surface area (Å²) in [6.45, 7) is 7.16. The van der Waals surface area contributed by atoms with E-state index in [9.17, 15) is 4.79 Å². The first-order chi connectivity index (χ1) is 15.0. The first kappa shape index (κ1) is 21.9. The standard InChI is InChI=1S/C23H26Cl2N4O2/c1-17(30)19-16-26-29-9-7-18(15-22(19)29)31-14-3-2-8-27-10-12-28(13-11-27)21-6-4-5-20(24)23(21)25/h4-7,9,15-16H,2-3,8,10-14H2,1H3. The van der Waals surface area contributed by atoms with Crippen LogP contribution in [0.5, 0.6) is 5.75 Å². The summed E-state index contributed by atoms with van der Waals surface area (Å²) in [4.78, 5) is 16.5. The predicted molar refractivity (Wildman–Crippen MR) is 125 cm³/mol. The normalized spacial score (nSPS) is 14.9. The zero-order valence-electron chi connectivity index (χ0n) is 17.6. The van der Waals surface area contributed by atoms with Gasteiger partial charge in [0, 0.05) is 38.4 Å². The van der Waals surface area contributed by atoms with Crippen molar-refractivity contribution in [2.75, 3.05) is 44.2 Å². The van der Waals surface area contributed by atoms with Crippen molar-refractivity contribution in [3.63, 3.8) is 0 Å². The van der Waals surface area contributed by atoms with Gasteiger partial charge in [-0.05, 0) is 44.5 Å². The maximum atomic E-state index is 11.7. The van der Waals surface area contributed by atoms with E-state index in [-0.39, 0.29) is 5.78 Å². The lowest BCUT2D eigenvalue weighted by atomic mass is 10.2. The molecule has 8 heteroatoms. The monoisotopic (exact) mass is 460 g/mol. The number of carbonyl (C=O) groups excluding carboxylic acids is 1. The third kappa shape index (κ3) is 5.14. The van der Waals surface area contributed by atoms with Crippen molar-refractivity contribution in [1.29, 1.82) is 0 Å². The van der Waals surface area contributed by atoms with E-state index in [1.807, 2.05) is 36.5 Å². The number of ketones is 1. The summed E-state index contributed by atoms with van der Waals surface area (Å²) in [6, 6.07) is 9.55. The molecule has 1 saturated heterocycles. The third-order valence-corrected chi connectivity index (χ3v) is 6.46. The number of hydrogen-bond acceptors (Lipinski definition) is 5. The fourth-order valence-corrected chi connectivity index (χ4v) is 4.31. The number of benzene rings is 1. The minimum absolute atomic E-state index is 0.00452. The number of ether oxygens (including phenoxy) is 1. The molecule has 0 aliphatic carbocycles. The number of hydrogen-bond donors (Lipinski definition) is 0. The molecule has 1 aromatic carbocycles. The number of piperazine rings is 1. The van der Waals surface area contributed by atoms with Gasteiger partial charge in [-0.2, -0.15) is 5.10 Å². The van der Waals surface area contributed by atoms with Crippen molar-refractivity contribution in [3.8, 4) is 5.75 Å². The summed E-state index contributed by atoms with van der Waals surface area (Å²) in [5.41, 5.74) is 2.41. The van der Waals surface area contributed by atoms with Crippen LogP contribution < -0.4 is 9.64 Å². The molecule has 2 aromatic heterocycles. The highest BCUT2D eigenvalue weighted by atomic mass is 35.5. The van der Waals surface area contributed by atoms with Crippen LogP contribution in [0, 0.1) is 0 Å². The van der Waals surface area contributed by atoms with Crippen LogP contribution in [-0.4, -0.2) is 59.6 Å². The lowest BCUT2D eigenvalue weighted by molar-refractivity contribution is 0.101. The lowest BCUT2D eigenvalue weighted by Crippen LogP contribution is -2.46. The van der Waals surface area contributed by atoms with Crippen molar-refractivity contribution in [2.24, 2.45) is 0 Å². The van der Waals surface area contributed by atoms with Crippen LogP contribution in [0.2, 0.25) is 10.0 Å². The van der Waals surface area contributed by atoms with E-state index in [1.165, 1.54) is 0 Å². The number of aromatic nitrogens is 2. The van der Waals surface area contributed by atoms with Crippen LogP contribution in [0.15, 0.2) is 42.7 Å². The van der Waals surface area contributed by atoms with Crippen molar-refractivity contribution < 1.29 is 9.53 Å². The highest BCUT2D eigenvalue weighted by molar-refractivity contribution is 6.43. The molecule has 0 amide bonds. The molecule has 0 bridgehead atoms. The quantitative estimate of drug-likeness (QED) is 0.356. The highest BCUT2D eigenvalue weighted by Crippen LogP contribution is 2.32. The summed E-state index contributed by atoms with van der Waals surface area (Å²) < 4.78 is 7.59. The number of unbranched alkanes of at least 4 members (excludes halogenated alkanes) is 1. The van der Waals surface area contributed by atoms with Gasteiger partial charge in [0.2, 0.25) is 0 Å². The summed E-state index contributed by atoms with van der Waals surface area (Å²) in [5.74, 6) is 0.771. The number of fused-ring (bicyclic) bond motifs is 1. The Labute approximate surface area is 192 Å². The predicted octanol–water partition coefficient (Wildman–Crippen LogP) is 4.82. The molecule has 164 valence electrons. The Bertz CT molecular complexity index is 1060. The molecular weight excluding hydrogens is 435 g/mol. The molecule has 0 saturated carbocycles. The molecule has 0 radical (unpaired) electrons. The van der Waals surface area contributed by atoms with Crippen molar-refractivity contribution >= 4 is 40.2 Å². The molecule has 4 rings (SSSR count). The molecule has 0 N–H and O–H groups in total. The molecular formula is C23H26Cl2N4O2. The van der Waals surface area contributed by atoms with Gasteiger partial charge in [0.25, 0.3) is 0 Å². The number of pyridine rings is 1. The van der Waals surface area contributed by atoms with Gasteiger partial charge in [0.15, 0.2) is 5.78 Å². The minimum atomic E-state index is 0.00452. The summed E-state index contributed by atoms with van der Waals surface area (Å²) in [5, 5.41) is 5.44. The van der Waals surface area contributed by atoms with E-state index in [2.05, 4.69) is 14.9 Å². The molecule has 0 unspecified atom stereocenters. The molecule has 1 fully saturated rings. The number of carbonyl (C=O) groups is 1. The zero-order valence-corrected chi connectivity index (χ0v) is 19.1. The van der Waals surface area contributed by atoms with Gasteiger partial charge in [-0.3, -0.25) is 9.69 Å². The van der Waals surface area contributed by atoms with Crippen molar-refractivity contribution in [1.82, 2.24) is 14.5 Å². The largest absolute Gasteiger partial charge is 0.493 e. The average molecular weight is 461 g/mol. The van der Waals surface area contributed by atoms with E-state index in [0.29, 0.717) is 22.2 Å². The summed E-state index contributed by atoms with van der Waals surface area (Å²) in [7, 11) is 0. The molecule has 6 nitrogen and oxygen atoms in total. The molecule has 3 aromatic rings. The van der Waals surface area contributed by atoms with Gasteiger partial charge >= 0.3 is 0 Å². The van der Waals surface area contributed by atoms with E-state index < -0.39 is 0 Å². The Hall–Kier alpha value is -2.28. The van der Waals surface area contributed by atoms with Gasteiger partial charge < -0.3 is 9.64 Å². The van der Waals surface area contributed by atoms with Crippen LogP contribution in [0.1, 0.15) is 30.1 Å². The fourth-order valence-electron chi connectivity index (χ4n) is 3.90. The third-order valence-electron chi connectivity index (χ3n) is 5.65. The first-order valence-electron chi connectivity index (χ1n) is 10.6. The fraction of sp³-hybridized carbons (Fsp3) is 0.391.